The van der Waals surface area contributed by atoms with E-state index in [1.54, 1.807) is 36.4 Å². The molecule has 3 N–H and O–H groups in total. The highest BCUT2D eigenvalue weighted by Gasteiger charge is 2.30. The van der Waals surface area contributed by atoms with E-state index in [0.717, 1.165) is 27.8 Å². The molecule has 5 rings (SSSR count). The molecule has 1 amide bonds. The molecule has 0 spiro atoms. The number of aliphatic carboxylic acids is 1. The second-order valence-corrected chi connectivity index (χ2v) is 9.36. The van der Waals surface area contributed by atoms with Crippen LogP contribution in [-0.2, 0) is 16.0 Å². The van der Waals surface area contributed by atoms with Crippen molar-refractivity contribution < 1.29 is 24.5 Å². The number of ether oxygens (including phenoxy) is 1. The standard InChI is InChI=1S/C30H24ClNO5/c31-20-12-10-19(11-13-20)25-15-18(9-14-28(25)33)16-27(29(34)35)32-30(36)37-17-26-23-7-3-1-5-21(23)22-6-2-4-8-24(22)26/h1-15,26-27,33H,16-17H2,(H,32,36)(H,34,35)/t27-/m0/s1. The number of amides is 1. The van der Waals surface area contributed by atoms with Crippen LogP contribution >= 0.6 is 11.6 Å². The van der Waals surface area contributed by atoms with Gasteiger partial charge in [-0.3, -0.25) is 0 Å². The van der Waals surface area contributed by atoms with Gasteiger partial charge in [0.15, 0.2) is 0 Å². The fourth-order valence-corrected chi connectivity index (χ4v) is 4.91. The summed E-state index contributed by atoms with van der Waals surface area (Å²) in [4.78, 5) is 24.6. The van der Waals surface area contributed by atoms with Gasteiger partial charge in [-0.2, -0.15) is 0 Å². The lowest BCUT2D eigenvalue weighted by Gasteiger charge is -2.18. The number of fused-ring (bicyclic) bond motifs is 3. The maximum absolute atomic E-state index is 12.7. The molecule has 0 heterocycles. The number of rotatable bonds is 7. The van der Waals surface area contributed by atoms with Crippen LogP contribution in [0.1, 0.15) is 22.6 Å². The molecule has 4 aromatic carbocycles. The highest BCUT2D eigenvalue weighted by atomic mass is 35.5. The first-order valence-corrected chi connectivity index (χ1v) is 12.2. The van der Waals surface area contributed by atoms with Crippen LogP contribution in [0, 0.1) is 0 Å². The minimum absolute atomic E-state index is 0.0143. The van der Waals surface area contributed by atoms with Crippen molar-refractivity contribution in [1.29, 1.82) is 0 Å². The van der Waals surface area contributed by atoms with Crippen molar-refractivity contribution in [2.45, 2.75) is 18.4 Å². The Kier molecular flexibility index (Phi) is 6.84. The minimum atomic E-state index is -1.21. The van der Waals surface area contributed by atoms with Gasteiger partial charge in [-0.25, -0.2) is 9.59 Å². The van der Waals surface area contributed by atoms with Crippen molar-refractivity contribution in [2.24, 2.45) is 0 Å². The summed E-state index contributed by atoms with van der Waals surface area (Å²) >= 11 is 5.96. The molecule has 37 heavy (non-hydrogen) atoms. The molecule has 0 aliphatic heterocycles. The molecule has 1 aliphatic rings. The largest absolute Gasteiger partial charge is 0.507 e. The predicted molar refractivity (Wildman–Crippen MR) is 142 cm³/mol. The summed E-state index contributed by atoms with van der Waals surface area (Å²) in [6.45, 7) is 0.0894. The number of benzene rings is 4. The minimum Gasteiger partial charge on any atom is -0.507 e. The Morgan fingerprint density at radius 1 is 0.865 bits per heavy atom. The lowest BCUT2D eigenvalue weighted by molar-refractivity contribution is -0.139. The first kappa shape index (κ1) is 24.4. The first-order valence-electron chi connectivity index (χ1n) is 11.8. The van der Waals surface area contributed by atoms with Gasteiger partial charge >= 0.3 is 12.1 Å². The maximum Gasteiger partial charge on any atom is 0.407 e. The van der Waals surface area contributed by atoms with E-state index >= 15 is 0 Å². The molecule has 0 unspecified atom stereocenters. The fraction of sp³-hybridized carbons (Fsp3) is 0.133. The van der Waals surface area contributed by atoms with Gasteiger partial charge in [-0.05, 0) is 57.6 Å². The van der Waals surface area contributed by atoms with Crippen LogP contribution in [0.2, 0.25) is 5.02 Å². The fourth-order valence-electron chi connectivity index (χ4n) is 4.79. The van der Waals surface area contributed by atoms with Crippen molar-refractivity contribution in [2.75, 3.05) is 6.61 Å². The van der Waals surface area contributed by atoms with Gasteiger partial charge in [0.1, 0.15) is 18.4 Å². The number of aromatic hydroxyl groups is 1. The van der Waals surface area contributed by atoms with Gasteiger partial charge < -0.3 is 20.3 Å². The molecule has 0 bridgehead atoms. The molecule has 186 valence electrons. The van der Waals surface area contributed by atoms with Crippen LogP contribution < -0.4 is 5.32 Å². The summed E-state index contributed by atoms with van der Waals surface area (Å²) in [5, 5.41) is 23.1. The van der Waals surface area contributed by atoms with Crippen molar-refractivity contribution in [3.8, 4) is 28.0 Å². The molecule has 0 radical (unpaired) electrons. The average Bonchev–Trinajstić information content (AvgIpc) is 3.22. The third kappa shape index (κ3) is 5.15. The zero-order valence-corrected chi connectivity index (χ0v) is 20.5. The number of carboxylic acid groups (broad SMARTS) is 1. The number of alkyl carbamates (subject to hydrolysis) is 1. The highest BCUT2D eigenvalue weighted by Crippen LogP contribution is 2.44. The summed E-state index contributed by atoms with van der Waals surface area (Å²) in [6, 6.07) is 26.6. The zero-order valence-electron chi connectivity index (χ0n) is 19.7. The molecular formula is C30H24ClNO5. The topological polar surface area (TPSA) is 95.9 Å². The van der Waals surface area contributed by atoms with Crippen molar-refractivity contribution in [3.63, 3.8) is 0 Å². The van der Waals surface area contributed by atoms with E-state index in [1.165, 1.54) is 6.07 Å². The number of carbonyl (C=O) groups excluding carboxylic acids is 1. The van der Waals surface area contributed by atoms with Crippen molar-refractivity contribution >= 4 is 23.7 Å². The van der Waals surface area contributed by atoms with E-state index in [1.807, 2.05) is 48.5 Å². The Hall–Kier alpha value is -4.29. The molecule has 1 atom stereocenters. The van der Waals surface area contributed by atoms with Gasteiger partial charge in [0.25, 0.3) is 0 Å². The second kappa shape index (κ2) is 10.4. The zero-order chi connectivity index (χ0) is 25.9. The first-order chi connectivity index (χ1) is 17.9. The van der Waals surface area contributed by atoms with Crippen molar-refractivity contribution in [1.82, 2.24) is 5.32 Å². The van der Waals surface area contributed by atoms with Crippen LogP contribution in [0.15, 0.2) is 91.0 Å². The van der Waals surface area contributed by atoms with Gasteiger partial charge in [0.2, 0.25) is 0 Å². The van der Waals surface area contributed by atoms with E-state index in [4.69, 9.17) is 16.3 Å². The number of carboxylic acids is 1. The quantitative estimate of drug-likeness (QED) is 0.271. The predicted octanol–water partition coefficient (Wildman–Crippen LogP) is 6.25. The number of nitrogens with one attached hydrogen (secondary N) is 1. The van der Waals surface area contributed by atoms with E-state index in [9.17, 15) is 19.8 Å². The van der Waals surface area contributed by atoms with Crippen LogP contribution in [0.5, 0.6) is 5.75 Å². The Labute approximate surface area is 219 Å². The third-order valence-corrected chi connectivity index (χ3v) is 6.84. The van der Waals surface area contributed by atoms with Crippen LogP contribution in [0.4, 0.5) is 4.79 Å². The molecule has 0 aromatic heterocycles. The average molecular weight is 514 g/mol. The van der Waals surface area contributed by atoms with E-state index in [0.29, 0.717) is 16.1 Å². The second-order valence-electron chi connectivity index (χ2n) is 8.92. The smallest absolute Gasteiger partial charge is 0.407 e. The number of hydrogen-bond donors (Lipinski definition) is 3. The van der Waals surface area contributed by atoms with E-state index < -0.39 is 18.1 Å². The monoisotopic (exact) mass is 513 g/mol. The summed E-state index contributed by atoms with van der Waals surface area (Å²) in [5.41, 5.74) is 6.28. The summed E-state index contributed by atoms with van der Waals surface area (Å²) in [7, 11) is 0. The Morgan fingerprint density at radius 3 is 2.11 bits per heavy atom. The Morgan fingerprint density at radius 2 is 1.49 bits per heavy atom. The maximum atomic E-state index is 12.7. The molecule has 6 nitrogen and oxygen atoms in total. The van der Waals surface area contributed by atoms with Crippen LogP contribution in [0.25, 0.3) is 22.3 Å². The van der Waals surface area contributed by atoms with Gasteiger partial charge in [-0.15, -0.1) is 0 Å². The molecule has 0 saturated heterocycles. The number of halogens is 1. The van der Waals surface area contributed by atoms with Crippen molar-refractivity contribution in [3.05, 3.63) is 113 Å². The third-order valence-electron chi connectivity index (χ3n) is 6.59. The summed E-state index contributed by atoms with van der Waals surface area (Å²) in [5.74, 6) is -1.25. The molecule has 1 aliphatic carbocycles. The van der Waals surface area contributed by atoms with Gasteiger partial charge in [0.05, 0.1) is 0 Å². The number of phenols is 1. The number of hydrogen-bond acceptors (Lipinski definition) is 4. The number of phenolic OH excluding ortho intramolecular Hbond substituents is 1. The number of carbonyl (C=O) groups is 2. The lowest BCUT2D eigenvalue weighted by Crippen LogP contribution is -2.42. The molecule has 0 fully saturated rings. The Bertz CT molecular complexity index is 1420. The summed E-state index contributed by atoms with van der Waals surface area (Å²) < 4.78 is 5.52. The molecular weight excluding hydrogens is 490 g/mol. The van der Waals surface area contributed by atoms with Gasteiger partial charge in [0, 0.05) is 22.9 Å². The van der Waals surface area contributed by atoms with E-state index in [-0.39, 0.29) is 24.7 Å². The SMILES string of the molecule is O=C(N[C@@H](Cc1ccc(O)c(-c2ccc(Cl)cc2)c1)C(=O)O)OCC1c2ccccc2-c2ccccc21. The normalized spacial score (nSPS) is 12.9. The lowest BCUT2D eigenvalue weighted by atomic mass is 9.98. The van der Waals surface area contributed by atoms with E-state index in [2.05, 4.69) is 5.32 Å². The van der Waals surface area contributed by atoms with Gasteiger partial charge in [-0.1, -0.05) is 78.3 Å². The van der Waals surface area contributed by atoms with Crippen LogP contribution in [0.3, 0.4) is 0 Å². The molecule has 7 heteroatoms. The highest BCUT2D eigenvalue weighted by molar-refractivity contribution is 6.30. The van der Waals surface area contributed by atoms with Crippen LogP contribution in [-0.4, -0.2) is 34.9 Å². The summed E-state index contributed by atoms with van der Waals surface area (Å²) in [6.07, 6.45) is -0.786. The Balaban J connectivity index is 1.27. The molecule has 0 saturated carbocycles. The molecule has 4 aromatic rings.